The van der Waals surface area contributed by atoms with E-state index in [0.717, 1.165) is 5.56 Å². The Kier molecular flexibility index (Phi) is 4.66. The van der Waals surface area contributed by atoms with E-state index in [9.17, 15) is 14.7 Å². The van der Waals surface area contributed by atoms with Crippen molar-refractivity contribution < 1.29 is 19.4 Å². The van der Waals surface area contributed by atoms with Crippen molar-refractivity contribution in [3.63, 3.8) is 0 Å². The van der Waals surface area contributed by atoms with Gasteiger partial charge in [-0.15, -0.1) is 0 Å². The summed E-state index contributed by atoms with van der Waals surface area (Å²) >= 11 is 5.87. The predicted molar refractivity (Wildman–Crippen MR) is 83.2 cm³/mol. The topological polar surface area (TPSA) is 66.8 Å². The standard InChI is InChI=1S/C16H20ClNO4/c1-16(2,3)22-15(21)18-9-8-12(13(18)14(19)20)10-4-6-11(17)7-5-10/h4-7,12-13H,8-9H2,1-3H3,(H,19,20). The zero-order valence-electron chi connectivity index (χ0n) is 12.9. The van der Waals surface area contributed by atoms with Gasteiger partial charge in [-0.25, -0.2) is 9.59 Å². The van der Waals surface area contributed by atoms with E-state index in [1.165, 1.54) is 4.90 Å². The average molecular weight is 326 g/mol. The summed E-state index contributed by atoms with van der Waals surface area (Å²) in [6.07, 6.45) is -0.00551. The quantitative estimate of drug-likeness (QED) is 0.903. The van der Waals surface area contributed by atoms with Gasteiger partial charge in [-0.3, -0.25) is 4.90 Å². The number of aliphatic carboxylic acids is 1. The van der Waals surface area contributed by atoms with Gasteiger partial charge in [0.25, 0.3) is 0 Å². The Hall–Kier alpha value is -1.75. The van der Waals surface area contributed by atoms with Crippen LogP contribution >= 0.6 is 11.6 Å². The molecule has 1 saturated heterocycles. The molecular weight excluding hydrogens is 306 g/mol. The van der Waals surface area contributed by atoms with Crippen LogP contribution in [0.1, 0.15) is 38.7 Å². The van der Waals surface area contributed by atoms with Crippen molar-refractivity contribution in [3.8, 4) is 0 Å². The number of ether oxygens (including phenoxy) is 1. The van der Waals surface area contributed by atoms with Crippen LogP contribution < -0.4 is 0 Å². The first-order valence-corrected chi connectivity index (χ1v) is 7.55. The smallest absolute Gasteiger partial charge is 0.411 e. The average Bonchev–Trinajstić information content (AvgIpc) is 2.82. The number of carboxylic acids is 1. The van der Waals surface area contributed by atoms with Crippen molar-refractivity contribution in [2.75, 3.05) is 6.54 Å². The number of benzene rings is 1. The zero-order chi connectivity index (χ0) is 16.5. The molecule has 0 radical (unpaired) electrons. The van der Waals surface area contributed by atoms with E-state index in [4.69, 9.17) is 16.3 Å². The molecule has 5 nitrogen and oxygen atoms in total. The SMILES string of the molecule is CC(C)(C)OC(=O)N1CCC(c2ccc(Cl)cc2)C1C(=O)O. The summed E-state index contributed by atoms with van der Waals surface area (Å²) in [6, 6.07) is 6.15. The molecule has 1 N–H and O–H groups in total. The lowest BCUT2D eigenvalue weighted by Crippen LogP contribution is -2.45. The molecule has 1 aromatic carbocycles. The summed E-state index contributed by atoms with van der Waals surface area (Å²) in [5, 5.41) is 10.1. The summed E-state index contributed by atoms with van der Waals surface area (Å²) in [7, 11) is 0. The fourth-order valence-corrected chi connectivity index (χ4v) is 2.81. The summed E-state index contributed by atoms with van der Waals surface area (Å²) in [5.41, 5.74) is 0.209. The van der Waals surface area contributed by atoms with Gasteiger partial charge in [-0.2, -0.15) is 0 Å². The molecule has 1 aliphatic heterocycles. The van der Waals surface area contributed by atoms with Gasteiger partial charge in [0, 0.05) is 17.5 Å². The third-order valence-electron chi connectivity index (χ3n) is 3.58. The lowest BCUT2D eigenvalue weighted by Gasteiger charge is -2.28. The van der Waals surface area contributed by atoms with Crippen LogP contribution in [0.2, 0.25) is 5.02 Å². The lowest BCUT2D eigenvalue weighted by molar-refractivity contribution is -0.142. The van der Waals surface area contributed by atoms with Crippen LogP contribution in [0.4, 0.5) is 4.79 Å². The molecule has 0 aromatic heterocycles. The second-order valence-electron chi connectivity index (χ2n) is 6.40. The van der Waals surface area contributed by atoms with Crippen LogP contribution in [-0.2, 0) is 9.53 Å². The van der Waals surface area contributed by atoms with Gasteiger partial charge in [0.15, 0.2) is 0 Å². The first kappa shape index (κ1) is 16.6. The summed E-state index contributed by atoms with van der Waals surface area (Å²) in [6.45, 7) is 5.63. The number of rotatable bonds is 2. The highest BCUT2D eigenvalue weighted by molar-refractivity contribution is 6.30. The number of carbonyl (C=O) groups excluding carboxylic acids is 1. The minimum Gasteiger partial charge on any atom is -0.480 e. The van der Waals surface area contributed by atoms with E-state index in [1.54, 1.807) is 32.9 Å². The number of amides is 1. The summed E-state index contributed by atoms with van der Waals surface area (Å²) in [5.74, 6) is -1.29. The maximum Gasteiger partial charge on any atom is 0.411 e. The second-order valence-corrected chi connectivity index (χ2v) is 6.84. The normalized spacial score (nSPS) is 21.7. The molecule has 0 aliphatic carbocycles. The molecule has 2 atom stereocenters. The molecule has 1 aromatic rings. The van der Waals surface area contributed by atoms with Crippen LogP contribution in [-0.4, -0.2) is 40.3 Å². The predicted octanol–water partition coefficient (Wildman–Crippen LogP) is 3.52. The molecule has 0 saturated carbocycles. The van der Waals surface area contributed by atoms with Crippen LogP contribution in [0.3, 0.4) is 0 Å². The number of carboxylic acid groups (broad SMARTS) is 1. The highest BCUT2D eigenvalue weighted by Crippen LogP contribution is 2.35. The van der Waals surface area contributed by atoms with E-state index in [0.29, 0.717) is 18.0 Å². The lowest BCUT2D eigenvalue weighted by atomic mass is 9.92. The van der Waals surface area contributed by atoms with Crippen LogP contribution in [0.15, 0.2) is 24.3 Å². The fourth-order valence-electron chi connectivity index (χ4n) is 2.68. The summed E-state index contributed by atoms with van der Waals surface area (Å²) < 4.78 is 5.31. The number of halogens is 1. The molecule has 6 heteroatoms. The molecule has 1 amide bonds. The number of carbonyl (C=O) groups is 2. The minimum atomic E-state index is -1.02. The van der Waals surface area contributed by atoms with E-state index < -0.39 is 23.7 Å². The Labute approximate surface area is 134 Å². The number of likely N-dealkylation sites (tertiary alicyclic amines) is 1. The molecule has 1 heterocycles. The van der Waals surface area contributed by atoms with Gasteiger partial charge in [-0.1, -0.05) is 23.7 Å². The molecule has 1 fully saturated rings. The first-order chi connectivity index (χ1) is 10.2. The van der Waals surface area contributed by atoms with Crippen molar-refractivity contribution >= 4 is 23.7 Å². The van der Waals surface area contributed by atoms with Crippen molar-refractivity contribution in [1.82, 2.24) is 4.90 Å². The van der Waals surface area contributed by atoms with Gasteiger partial charge in [-0.05, 0) is 44.9 Å². The van der Waals surface area contributed by atoms with Gasteiger partial charge >= 0.3 is 12.1 Å². The Morgan fingerprint density at radius 3 is 2.36 bits per heavy atom. The number of hydrogen-bond donors (Lipinski definition) is 1. The monoisotopic (exact) mass is 325 g/mol. The maximum absolute atomic E-state index is 12.2. The van der Waals surface area contributed by atoms with E-state index in [-0.39, 0.29) is 5.92 Å². The van der Waals surface area contributed by atoms with Gasteiger partial charge in [0.1, 0.15) is 11.6 Å². The number of nitrogens with zero attached hydrogens (tertiary/aromatic N) is 1. The Morgan fingerprint density at radius 1 is 1.27 bits per heavy atom. The molecule has 2 unspecified atom stereocenters. The Balaban J connectivity index is 2.23. The molecular formula is C16H20ClNO4. The zero-order valence-corrected chi connectivity index (χ0v) is 13.6. The van der Waals surface area contributed by atoms with Crippen molar-refractivity contribution in [2.45, 2.75) is 44.8 Å². The Morgan fingerprint density at radius 2 is 1.86 bits per heavy atom. The van der Waals surface area contributed by atoms with Crippen LogP contribution in [0.5, 0.6) is 0 Å². The highest BCUT2D eigenvalue weighted by atomic mass is 35.5. The van der Waals surface area contributed by atoms with Crippen molar-refractivity contribution in [2.24, 2.45) is 0 Å². The second kappa shape index (κ2) is 6.16. The molecule has 2 rings (SSSR count). The van der Waals surface area contributed by atoms with E-state index >= 15 is 0 Å². The van der Waals surface area contributed by atoms with Crippen LogP contribution in [0.25, 0.3) is 0 Å². The minimum absolute atomic E-state index is 0.262. The largest absolute Gasteiger partial charge is 0.480 e. The van der Waals surface area contributed by atoms with Crippen LogP contribution in [0, 0.1) is 0 Å². The fraction of sp³-hybridized carbons (Fsp3) is 0.500. The van der Waals surface area contributed by atoms with Gasteiger partial charge < -0.3 is 9.84 Å². The maximum atomic E-state index is 12.2. The molecule has 0 bridgehead atoms. The van der Waals surface area contributed by atoms with Crippen molar-refractivity contribution in [1.29, 1.82) is 0 Å². The molecule has 120 valence electrons. The Bertz CT molecular complexity index is 565. The summed E-state index contributed by atoms with van der Waals surface area (Å²) in [4.78, 5) is 25.2. The van der Waals surface area contributed by atoms with E-state index in [1.807, 2.05) is 12.1 Å². The van der Waals surface area contributed by atoms with Crippen molar-refractivity contribution in [3.05, 3.63) is 34.9 Å². The third-order valence-corrected chi connectivity index (χ3v) is 3.83. The van der Waals surface area contributed by atoms with Gasteiger partial charge in [0.2, 0.25) is 0 Å². The third kappa shape index (κ3) is 3.71. The number of hydrogen-bond acceptors (Lipinski definition) is 3. The van der Waals surface area contributed by atoms with Gasteiger partial charge in [0.05, 0.1) is 0 Å². The van der Waals surface area contributed by atoms with E-state index in [2.05, 4.69) is 0 Å². The molecule has 0 spiro atoms. The first-order valence-electron chi connectivity index (χ1n) is 7.17. The molecule has 22 heavy (non-hydrogen) atoms. The molecule has 1 aliphatic rings. The highest BCUT2D eigenvalue weighted by Gasteiger charge is 2.44.